The SMILES string of the molecule is O=C(NCc1sccc1C#CCCO)c1ccccc1Cl. The third-order valence-electron chi connectivity index (χ3n) is 2.73. The summed E-state index contributed by atoms with van der Waals surface area (Å²) in [6.45, 7) is 0.459. The summed E-state index contributed by atoms with van der Waals surface area (Å²) in [6.07, 6.45) is 0.446. The van der Waals surface area contributed by atoms with Gasteiger partial charge in [0.25, 0.3) is 5.91 Å². The maximum atomic E-state index is 12.1. The molecule has 2 N–H and O–H groups in total. The topological polar surface area (TPSA) is 49.3 Å². The zero-order valence-corrected chi connectivity index (χ0v) is 12.8. The van der Waals surface area contributed by atoms with Crippen molar-refractivity contribution < 1.29 is 9.90 Å². The number of halogens is 1. The minimum absolute atomic E-state index is 0.0513. The van der Waals surface area contributed by atoms with Crippen LogP contribution in [0.25, 0.3) is 0 Å². The molecule has 0 aliphatic heterocycles. The van der Waals surface area contributed by atoms with Gasteiger partial charge in [0.1, 0.15) is 0 Å². The van der Waals surface area contributed by atoms with Crippen LogP contribution < -0.4 is 5.32 Å². The van der Waals surface area contributed by atoms with Crippen molar-refractivity contribution in [2.24, 2.45) is 0 Å². The Labute approximate surface area is 132 Å². The van der Waals surface area contributed by atoms with Crippen LogP contribution in [0.4, 0.5) is 0 Å². The fraction of sp³-hybridized carbons (Fsp3) is 0.188. The lowest BCUT2D eigenvalue weighted by Gasteiger charge is -2.05. The minimum atomic E-state index is -0.205. The first kappa shape index (κ1) is 15.6. The van der Waals surface area contributed by atoms with Crippen molar-refractivity contribution in [3.05, 3.63) is 56.7 Å². The third kappa shape index (κ3) is 4.33. The molecule has 0 bridgehead atoms. The predicted molar refractivity (Wildman–Crippen MR) is 85.5 cm³/mol. The van der Waals surface area contributed by atoms with Gasteiger partial charge in [0.05, 0.1) is 23.7 Å². The van der Waals surface area contributed by atoms with Gasteiger partial charge in [-0.3, -0.25) is 4.79 Å². The fourth-order valence-corrected chi connectivity index (χ4v) is 2.70. The Morgan fingerprint density at radius 2 is 2.14 bits per heavy atom. The third-order valence-corrected chi connectivity index (χ3v) is 3.98. The molecule has 2 rings (SSSR count). The Morgan fingerprint density at radius 1 is 1.33 bits per heavy atom. The first-order chi connectivity index (χ1) is 10.2. The molecular weight excluding hydrogens is 306 g/mol. The number of thiophene rings is 1. The zero-order chi connectivity index (χ0) is 15.1. The van der Waals surface area contributed by atoms with Crippen molar-refractivity contribution in [2.45, 2.75) is 13.0 Å². The van der Waals surface area contributed by atoms with Crippen molar-refractivity contribution in [2.75, 3.05) is 6.61 Å². The van der Waals surface area contributed by atoms with Crippen molar-refractivity contribution in [3.63, 3.8) is 0 Å². The summed E-state index contributed by atoms with van der Waals surface area (Å²) in [7, 11) is 0. The van der Waals surface area contributed by atoms with Gasteiger partial charge in [-0.1, -0.05) is 35.6 Å². The first-order valence-corrected chi connectivity index (χ1v) is 7.67. The molecule has 1 aromatic carbocycles. The van der Waals surface area contributed by atoms with E-state index in [1.165, 1.54) is 11.3 Å². The molecule has 0 radical (unpaired) electrons. The zero-order valence-electron chi connectivity index (χ0n) is 11.2. The molecule has 2 aromatic rings. The molecule has 0 saturated carbocycles. The number of benzene rings is 1. The van der Waals surface area contributed by atoms with Crippen molar-refractivity contribution in [3.8, 4) is 11.8 Å². The Kier molecular flexibility index (Phi) is 5.82. The molecule has 0 aliphatic rings. The molecule has 0 atom stereocenters. The highest BCUT2D eigenvalue weighted by molar-refractivity contribution is 7.10. The first-order valence-electron chi connectivity index (χ1n) is 6.41. The van der Waals surface area contributed by atoms with Crippen LogP contribution in [0.5, 0.6) is 0 Å². The van der Waals surface area contributed by atoms with Crippen molar-refractivity contribution in [1.29, 1.82) is 0 Å². The highest BCUT2D eigenvalue weighted by Gasteiger charge is 2.10. The van der Waals surface area contributed by atoms with Crippen LogP contribution in [0, 0.1) is 11.8 Å². The second-order valence-corrected chi connectivity index (χ2v) is 5.60. The maximum Gasteiger partial charge on any atom is 0.253 e. The Hall–Kier alpha value is -1.80. The van der Waals surface area contributed by atoms with E-state index < -0.39 is 0 Å². The summed E-state index contributed by atoms with van der Waals surface area (Å²) in [5, 5.41) is 13.9. The smallest absolute Gasteiger partial charge is 0.253 e. The van der Waals surface area contributed by atoms with Gasteiger partial charge in [-0.25, -0.2) is 0 Å². The lowest BCUT2D eigenvalue weighted by atomic mass is 10.2. The molecule has 0 unspecified atom stereocenters. The van der Waals surface area contributed by atoms with Crippen LogP contribution in [0.1, 0.15) is 27.2 Å². The quantitative estimate of drug-likeness (QED) is 0.851. The molecule has 3 nitrogen and oxygen atoms in total. The van der Waals surface area contributed by atoms with Gasteiger partial charge in [-0.15, -0.1) is 11.3 Å². The second-order valence-electron chi connectivity index (χ2n) is 4.20. The van der Waals surface area contributed by atoms with Crippen molar-refractivity contribution in [1.82, 2.24) is 5.32 Å². The van der Waals surface area contributed by atoms with Gasteiger partial charge in [-0.05, 0) is 23.6 Å². The Balaban J connectivity index is 2.01. The van der Waals surface area contributed by atoms with Crippen LogP contribution in [0.15, 0.2) is 35.7 Å². The van der Waals surface area contributed by atoms with Crippen LogP contribution in [0.3, 0.4) is 0 Å². The number of carbonyl (C=O) groups excluding carboxylic acids is 1. The highest BCUT2D eigenvalue weighted by Crippen LogP contribution is 2.17. The summed E-state index contributed by atoms with van der Waals surface area (Å²) >= 11 is 7.53. The van der Waals surface area contributed by atoms with Gasteiger partial charge in [-0.2, -0.15) is 0 Å². The van der Waals surface area contributed by atoms with Crippen LogP contribution >= 0.6 is 22.9 Å². The van der Waals surface area contributed by atoms with Crippen LogP contribution in [-0.2, 0) is 6.54 Å². The van der Waals surface area contributed by atoms with Gasteiger partial charge in [0, 0.05) is 16.9 Å². The molecule has 21 heavy (non-hydrogen) atoms. The average Bonchev–Trinajstić information content (AvgIpc) is 2.93. The van der Waals surface area contributed by atoms with E-state index in [1.54, 1.807) is 24.3 Å². The van der Waals surface area contributed by atoms with Crippen LogP contribution in [-0.4, -0.2) is 17.6 Å². The van der Waals surface area contributed by atoms with E-state index in [1.807, 2.05) is 11.4 Å². The molecule has 0 spiro atoms. The second kappa shape index (κ2) is 7.84. The number of hydrogen-bond donors (Lipinski definition) is 2. The molecule has 1 heterocycles. The van der Waals surface area contributed by atoms with Gasteiger partial charge in [0.15, 0.2) is 0 Å². The number of amides is 1. The lowest BCUT2D eigenvalue weighted by molar-refractivity contribution is 0.0951. The number of hydrogen-bond acceptors (Lipinski definition) is 3. The van der Waals surface area contributed by atoms with Gasteiger partial charge < -0.3 is 10.4 Å². The molecule has 0 fully saturated rings. The normalized spacial score (nSPS) is 9.81. The standard InChI is InChI=1S/C16H14ClNO2S/c17-14-7-2-1-6-13(14)16(20)18-11-15-12(8-10-21-15)5-3-4-9-19/h1-2,6-8,10,19H,4,9,11H2,(H,18,20). The number of aliphatic hydroxyl groups is 1. The molecule has 0 saturated heterocycles. The van der Waals surface area contributed by atoms with E-state index in [4.69, 9.17) is 16.7 Å². The lowest BCUT2D eigenvalue weighted by Crippen LogP contribution is -2.22. The Morgan fingerprint density at radius 3 is 2.90 bits per heavy atom. The van der Waals surface area contributed by atoms with E-state index in [9.17, 15) is 4.79 Å². The monoisotopic (exact) mass is 319 g/mol. The number of rotatable bonds is 4. The van der Waals surface area contributed by atoms with E-state index in [-0.39, 0.29) is 12.5 Å². The van der Waals surface area contributed by atoms with Gasteiger partial charge in [0.2, 0.25) is 0 Å². The van der Waals surface area contributed by atoms with E-state index in [2.05, 4.69) is 17.2 Å². The highest BCUT2D eigenvalue weighted by atomic mass is 35.5. The van der Waals surface area contributed by atoms with E-state index in [0.29, 0.717) is 23.6 Å². The molecule has 0 aliphatic carbocycles. The number of aliphatic hydroxyl groups excluding tert-OH is 1. The molecule has 108 valence electrons. The molecule has 1 aromatic heterocycles. The summed E-state index contributed by atoms with van der Waals surface area (Å²) < 4.78 is 0. The van der Waals surface area contributed by atoms with E-state index >= 15 is 0 Å². The van der Waals surface area contributed by atoms with E-state index in [0.717, 1.165) is 10.4 Å². The van der Waals surface area contributed by atoms with Crippen molar-refractivity contribution >= 4 is 28.8 Å². The molecule has 5 heteroatoms. The largest absolute Gasteiger partial charge is 0.395 e. The summed E-state index contributed by atoms with van der Waals surface area (Å²) in [4.78, 5) is 13.1. The molecular formula is C16H14ClNO2S. The average molecular weight is 320 g/mol. The fourth-order valence-electron chi connectivity index (χ4n) is 1.70. The summed E-state index contributed by atoms with van der Waals surface area (Å²) in [6, 6.07) is 8.85. The number of carbonyl (C=O) groups is 1. The number of nitrogens with one attached hydrogen (secondary N) is 1. The minimum Gasteiger partial charge on any atom is -0.395 e. The maximum absolute atomic E-state index is 12.1. The predicted octanol–water partition coefficient (Wildman–Crippen LogP) is 3.07. The Bertz CT molecular complexity index is 685. The van der Waals surface area contributed by atoms with Crippen LogP contribution in [0.2, 0.25) is 5.02 Å². The summed E-state index contributed by atoms with van der Waals surface area (Å²) in [5.74, 6) is 5.67. The summed E-state index contributed by atoms with van der Waals surface area (Å²) in [5.41, 5.74) is 1.34. The molecule has 1 amide bonds. The van der Waals surface area contributed by atoms with Gasteiger partial charge >= 0.3 is 0 Å².